The molecule has 1 heterocycles. The summed E-state index contributed by atoms with van der Waals surface area (Å²) in [5.74, 6) is -0.0290. The standard InChI is InChI=1S/C7H10N4.ClH/c1-4-3-10-5(2)6(11-4)7(8)9;/h3H,1-2H3,(H3,8,9);1H. The molecule has 4 nitrogen and oxygen atoms in total. The van der Waals surface area contributed by atoms with Gasteiger partial charge in [0.15, 0.2) is 0 Å². The van der Waals surface area contributed by atoms with Crippen molar-refractivity contribution in [3.63, 3.8) is 0 Å². The van der Waals surface area contributed by atoms with E-state index in [-0.39, 0.29) is 18.2 Å². The number of hydrogen-bond donors (Lipinski definition) is 2. The van der Waals surface area contributed by atoms with Crippen molar-refractivity contribution in [3.05, 3.63) is 23.3 Å². The number of rotatable bonds is 1. The Labute approximate surface area is 77.1 Å². The number of amidine groups is 1. The van der Waals surface area contributed by atoms with Crippen molar-refractivity contribution >= 4 is 18.2 Å². The molecule has 66 valence electrons. The Balaban J connectivity index is 0.00000121. The Kier molecular flexibility index (Phi) is 3.63. The maximum absolute atomic E-state index is 7.15. The number of aromatic nitrogens is 2. The molecular weight excluding hydrogens is 176 g/mol. The molecule has 1 rings (SSSR count). The van der Waals surface area contributed by atoms with E-state index in [4.69, 9.17) is 11.1 Å². The molecule has 3 N–H and O–H groups in total. The van der Waals surface area contributed by atoms with Crippen molar-refractivity contribution in [1.29, 1.82) is 5.41 Å². The highest BCUT2D eigenvalue weighted by Gasteiger charge is 2.03. The molecule has 0 aliphatic heterocycles. The van der Waals surface area contributed by atoms with Crippen LogP contribution >= 0.6 is 12.4 Å². The zero-order chi connectivity index (χ0) is 8.43. The summed E-state index contributed by atoms with van der Waals surface area (Å²) in [5.41, 5.74) is 7.22. The van der Waals surface area contributed by atoms with Crippen LogP contribution in [0.4, 0.5) is 0 Å². The molecule has 0 unspecified atom stereocenters. The van der Waals surface area contributed by atoms with Crippen LogP contribution in [0.1, 0.15) is 17.1 Å². The Hall–Kier alpha value is -1.16. The van der Waals surface area contributed by atoms with E-state index >= 15 is 0 Å². The molecule has 0 spiro atoms. The van der Waals surface area contributed by atoms with Crippen molar-refractivity contribution in [3.8, 4) is 0 Å². The first-order chi connectivity index (χ1) is 5.11. The molecule has 0 atom stereocenters. The minimum absolute atomic E-state index is 0. The molecule has 0 aliphatic rings. The summed E-state index contributed by atoms with van der Waals surface area (Å²) in [6, 6.07) is 0. The lowest BCUT2D eigenvalue weighted by Gasteiger charge is -2.01. The average molecular weight is 187 g/mol. The minimum atomic E-state index is -0.0290. The molecule has 0 saturated heterocycles. The average Bonchev–Trinajstić information content (AvgIpc) is 1.94. The van der Waals surface area contributed by atoms with Gasteiger partial charge in [-0.3, -0.25) is 10.4 Å². The molecule has 0 bridgehead atoms. The summed E-state index contributed by atoms with van der Waals surface area (Å²) in [5, 5.41) is 7.15. The molecule has 1 aromatic rings. The van der Waals surface area contributed by atoms with Crippen LogP contribution in [0.25, 0.3) is 0 Å². The lowest BCUT2D eigenvalue weighted by molar-refractivity contribution is 1.04. The number of nitrogens with two attached hydrogens (primary N) is 1. The van der Waals surface area contributed by atoms with Crippen LogP contribution in [0.2, 0.25) is 0 Å². The number of nitrogens with zero attached hydrogens (tertiary/aromatic N) is 2. The third kappa shape index (κ3) is 2.17. The van der Waals surface area contributed by atoms with E-state index in [2.05, 4.69) is 9.97 Å². The quantitative estimate of drug-likeness (QED) is 0.503. The van der Waals surface area contributed by atoms with Gasteiger partial charge < -0.3 is 5.73 Å². The van der Waals surface area contributed by atoms with E-state index in [0.717, 1.165) is 5.69 Å². The number of hydrogen-bond acceptors (Lipinski definition) is 3. The summed E-state index contributed by atoms with van der Waals surface area (Å²) in [7, 11) is 0. The van der Waals surface area contributed by atoms with Crippen molar-refractivity contribution < 1.29 is 0 Å². The third-order valence-corrected chi connectivity index (χ3v) is 1.33. The van der Waals surface area contributed by atoms with Crippen molar-refractivity contribution in [2.24, 2.45) is 5.73 Å². The third-order valence-electron chi connectivity index (χ3n) is 1.33. The summed E-state index contributed by atoms with van der Waals surface area (Å²) >= 11 is 0. The van der Waals surface area contributed by atoms with Gasteiger partial charge in [0.1, 0.15) is 11.5 Å². The number of nitrogen functional groups attached to an aromatic ring is 1. The van der Waals surface area contributed by atoms with Gasteiger partial charge >= 0.3 is 0 Å². The SMILES string of the molecule is Cc1cnc(C)c(C(=N)N)n1.Cl. The predicted octanol–water partition coefficient (Wildman–Crippen LogP) is 0.799. The van der Waals surface area contributed by atoms with Crippen LogP contribution in [0.3, 0.4) is 0 Å². The predicted molar refractivity (Wildman–Crippen MR) is 49.8 cm³/mol. The lowest BCUT2D eigenvalue weighted by atomic mass is 10.3. The van der Waals surface area contributed by atoms with Crippen LogP contribution < -0.4 is 5.73 Å². The first kappa shape index (κ1) is 10.8. The van der Waals surface area contributed by atoms with Gasteiger partial charge in [-0.05, 0) is 13.8 Å². The lowest BCUT2D eigenvalue weighted by Crippen LogP contribution is -2.16. The van der Waals surface area contributed by atoms with Crippen LogP contribution in [-0.4, -0.2) is 15.8 Å². The van der Waals surface area contributed by atoms with E-state index in [1.54, 1.807) is 13.1 Å². The number of halogens is 1. The van der Waals surface area contributed by atoms with Crippen molar-refractivity contribution in [2.45, 2.75) is 13.8 Å². The fourth-order valence-corrected chi connectivity index (χ4v) is 0.793. The summed E-state index contributed by atoms with van der Waals surface area (Å²) in [6.45, 7) is 3.60. The van der Waals surface area contributed by atoms with Gasteiger partial charge in [0.05, 0.1) is 11.4 Å². The Morgan fingerprint density at radius 1 is 1.50 bits per heavy atom. The Bertz CT molecular complexity index is 297. The maximum Gasteiger partial charge on any atom is 0.143 e. The number of aryl methyl sites for hydroxylation is 2. The van der Waals surface area contributed by atoms with E-state index in [9.17, 15) is 0 Å². The Morgan fingerprint density at radius 2 is 2.08 bits per heavy atom. The largest absolute Gasteiger partial charge is 0.382 e. The zero-order valence-corrected chi connectivity index (χ0v) is 7.77. The molecule has 0 fully saturated rings. The van der Waals surface area contributed by atoms with Gasteiger partial charge in [0, 0.05) is 6.20 Å². The second kappa shape index (κ2) is 4.01. The first-order valence-electron chi connectivity index (χ1n) is 3.26. The van der Waals surface area contributed by atoms with E-state index in [1.165, 1.54) is 0 Å². The van der Waals surface area contributed by atoms with Crippen molar-refractivity contribution in [1.82, 2.24) is 9.97 Å². The van der Waals surface area contributed by atoms with Crippen LogP contribution in [-0.2, 0) is 0 Å². The van der Waals surface area contributed by atoms with Crippen LogP contribution in [0.15, 0.2) is 6.20 Å². The highest BCUT2D eigenvalue weighted by atomic mass is 35.5. The highest BCUT2D eigenvalue weighted by Crippen LogP contribution is 2.00. The molecule has 0 aromatic carbocycles. The first-order valence-corrected chi connectivity index (χ1v) is 3.26. The zero-order valence-electron chi connectivity index (χ0n) is 6.96. The van der Waals surface area contributed by atoms with Gasteiger partial charge in [0.25, 0.3) is 0 Å². The molecule has 0 radical (unpaired) electrons. The maximum atomic E-state index is 7.15. The normalized spacial score (nSPS) is 8.83. The Morgan fingerprint density at radius 3 is 2.50 bits per heavy atom. The summed E-state index contributed by atoms with van der Waals surface area (Å²) < 4.78 is 0. The van der Waals surface area contributed by atoms with Gasteiger partial charge in [-0.2, -0.15) is 0 Å². The van der Waals surface area contributed by atoms with Crippen molar-refractivity contribution in [2.75, 3.05) is 0 Å². The molecular formula is C7H11ClN4. The molecule has 1 aromatic heterocycles. The van der Waals surface area contributed by atoms with Gasteiger partial charge in [-0.25, -0.2) is 4.98 Å². The van der Waals surface area contributed by atoms with Gasteiger partial charge in [0.2, 0.25) is 0 Å². The molecule has 12 heavy (non-hydrogen) atoms. The highest BCUT2D eigenvalue weighted by molar-refractivity contribution is 5.93. The molecule has 5 heteroatoms. The molecule has 0 saturated carbocycles. The minimum Gasteiger partial charge on any atom is -0.382 e. The topological polar surface area (TPSA) is 75.7 Å². The monoisotopic (exact) mass is 186 g/mol. The second-order valence-corrected chi connectivity index (χ2v) is 2.36. The second-order valence-electron chi connectivity index (χ2n) is 2.36. The van der Waals surface area contributed by atoms with Crippen LogP contribution in [0, 0.1) is 19.3 Å². The van der Waals surface area contributed by atoms with E-state index < -0.39 is 0 Å². The molecule has 0 amide bonds. The van der Waals surface area contributed by atoms with Crippen LogP contribution in [0.5, 0.6) is 0 Å². The fraction of sp³-hybridized carbons (Fsp3) is 0.286. The van der Waals surface area contributed by atoms with E-state index in [1.807, 2.05) is 6.92 Å². The van der Waals surface area contributed by atoms with E-state index in [0.29, 0.717) is 11.4 Å². The van der Waals surface area contributed by atoms with Gasteiger partial charge in [-0.15, -0.1) is 12.4 Å². The van der Waals surface area contributed by atoms with Gasteiger partial charge in [-0.1, -0.05) is 0 Å². The molecule has 0 aliphatic carbocycles. The summed E-state index contributed by atoms with van der Waals surface area (Å²) in [4.78, 5) is 8.08. The smallest absolute Gasteiger partial charge is 0.143 e. The number of nitrogens with one attached hydrogen (secondary N) is 1. The fourth-order valence-electron chi connectivity index (χ4n) is 0.793. The summed E-state index contributed by atoms with van der Waals surface area (Å²) in [6.07, 6.45) is 1.65.